The third-order valence-corrected chi connectivity index (χ3v) is 5.13. The van der Waals surface area contributed by atoms with E-state index in [0.717, 1.165) is 71.7 Å². The first-order valence-corrected chi connectivity index (χ1v) is 10.3. The number of pyridine rings is 1. The fourth-order valence-electron chi connectivity index (χ4n) is 3.29. The van der Waals surface area contributed by atoms with Gasteiger partial charge in [-0.15, -0.1) is 5.10 Å². The maximum Gasteiger partial charge on any atom is 0.416 e. The second-order valence-corrected chi connectivity index (χ2v) is 7.63. The van der Waals surface area contributed by atoms with Gasteiger partial charge in [0.05, 0.1) is 16.7 Å². The smallest absolute Gasteiger partial charge is 0.366 e. The number of carbonyl (C=O) groups excluding carboxylic acids is 1. The SMILES string of the molecule is NC(=O)/C(=C\n1nc(-c2ccc(C(F)(F)F)cc2)nc1-c1ccc(C(F)(F)F)cc1)c1ccc(F)nc1. The second kappa shape index (κ2) is 9.48. The van der Waals surface area contributed by atoms with Gasteiger partial charge in [0, 0.05) is 29.1 Å². The van der Waals surface area contributed by atoms with Gasteiger partial charge in [0.25, 0.3) is 5.91 Å². The van der Waals surface area contributed by atoms with Gasteiger partial charge in [-0.05, 0) is 36.4 Å². The van der Waals surface area contributed by atoms with Gasteiger partial charge in [-0.2, -0.15) is 30.7 Å². The number of halogens is 7. The van der Waals surface area contributed by atoms with E-state index in [4.69, 9.17) is 5.73 Å². The summed E-state index contributed by atoms with van der Waals surface area (Å²) in [5, 5.41) is 4.21. The van der Waals surface area contributed by atoms with Gasteiger partial charge in [0.2, 0.25) is 5.95 Å². The zero-order valence-electron chi connectivity index (χ0n) is 18.3. The predicted octanol–water partition coefficient (Wildman–Crippen LogP) is 5.67. The number of carbonyl (C=O) groups is 1. The zero-order valence-corrected chi connectivity index (χ0v) is 18.3. The summed E-state index contributed by atoms with van der Waals surface area (Å²) in [5.74, 6) is -1.90. The molecule has 2 N–H and O–H groups in total. The topological polar surface area (TPSA) is 86.7 Å². The van der Waals surface area contributed by atoms with Crippen molar-refractivity contribution in [3.8, 4) is 22.8 Å². The molecule has 1 amide bonds. The van der Waals surface area contributed by atoms with Crippen LogP contribution in [0.5, 0.6) is 0 Å². The summed E-state index contributed by atoms with van der Waals surface area (Å²) < 4.78 is 92.1. The van der Waals surface area contributed by atoms with Crippen LogP contribution in [0.2, 0.25) is 0 Å². The van der Waals surface area contributed by atoms with Crippen LogP contribution in [0.15, 0.2) is 66.9 Å². The molecule has 0 unspecified atom stereocenters. The number of hydrogen-bond donors (Lipinski definition) is 1. The molecule has 0 atom stereocenters. The number of alkyl halides is 6. The summed E-state index contributed by atoms with van der Waals surface area (Å²) in [6, 6.07) is 9.98. The van der Waals surface area contributed by atoms with Crippen LogP contribution < -0.4 is 5.73 Å². The molecule has 0 saturated heterocycles. The van der Waals surface area contributed by atoms with Gasteiger partial charge in [-0.1, -0.05) is 24.3 Å². The Kier molecular flexibility index (Phi) is 6.55. The lowest BCUT2D eigenvalue weighted by molar-refractivity contribution is -0.138. The summed E-state index contributed by atoms with van der Waals surface area (Å²) in [4.78, 5) is 19.9. The molecule has 37 heavy (non-hydrogen) atoms. The van der Waals surface area contributed by atoms with Gasteiger partial charge >= 0.3 is 12.4 Å². The fourth-order valence-corrected chi connectivity index (χ4v) is 3.29. The molecule has 4 aromatic rings. The lowest BCUT2D eigenvalue weighted by Crippen LogP contribution is -2.14. The van der Waals surface area contributed by atoms with Crippen molar-refractivity contribution in [2.24, 2.45) is 5.73 Å². The highest BCUT2D eigenvalue weighted by Crippen LogP contribution is 2.33. The standard InChI is InChI=1S/C24H14F7N5O/c25-19-10-5-15(11-33-19)18(20(32)37)12-36-22(14-3-8-17(9-4-14)24(29,30)31)34-21(35-36)13-1-6-16(7-2-13)23(26,27)28/h1-12H,(H2,32,37)/b18-12-. The zero-order chi connectivity index (χ0) is 27.0. The van der Waals surface area contributed by atoms with Gasteiger partial charge in [0.15, 0.2) is 11.6 Å². The van der Waals surface area contributed by atoms with Crippen molar-refractivity contribution in [1.82, 2.24) is 19.7 Å². The summed E-state index contributed by atoms with van der Waals surface area (Å²) in [7, 11) is 0. The minimum absolute atomic E-state index is 0.0440. The van der Waals surface area contributed by atoms with Crippen LogP contribution in [0, 0.1) is 5.95 Å². The molecular weight excluding hydrogens is 507 g/mol. The van der Waals surface area contributed by atoms with Crippen molar-refractivity contribution in [2.75, 3.05) is 0 Å². The monoisotopic (exact) mass is 521 g/mol. The van der Waals surface area contributed by atoms with Gasteiger partial charge in [-0.25, -0.2) is 14.6 Å². The first kappa shape index (κ1) is 25.5. The van der Waals surface area contributed by atoms with Crippen molar-refractivity contribution in [1.29, 1.82) is 0 Å². The normalized spacial score (nSPS) is 12.6. The third-order valence-electron chi connectivity index (χ3n) is 5.13. The lowest BCUT2D eigenvalue weighted by atomic mass is 10.1. The van der Waals surface area contributed by atoms with E-state index in [0.29, 0.717) is 0 Å². The Morgan fingerprint density at radius 1 is 0.811 bits per heavy atom. The Hall–Kier alpha value is -4.55. The molecule has 0 aliphatic carbocycles. The Morgan fingerprint density at radius 3 is 1.81 bits per heavy atom. The van der Waals surface area contributed by atoms with Gasteiger partial charge < -0.3 is 5.73 Å². The van der Waals surface area contributed by atoms with Gasteiger partial charge in [-0.3, -0.25) is 4.79 Å². The van der Waals surface area contributed by atoms with E-state index in [1.807, 2.05) is 0 Å². The number of hydrogen-bond acceptors (Lipinski definition) is 4. The summed E-state index contributed by atoms with van der Waals surface area (Å²) >= 11 is 0. The molecule has 0 fully saturated rings. The molecule has 0 spiro atoms. The first-order valence-electron chi connectivity index (χ1n) is 10.3. The number of primary amides is 1. The predicted molar refractivity (Wildman–Crippen MR) is 118 cm³/mol. The highest BCUT2D eigenvalue weighted by Gasteiger charge is 2.31. The molecule has 6 nitrogen and oxygen atoms in total. The van der Waals surface area contributed by atoms with Crippen molar-refractivity contribution < 1.29 is 35.5 Å². The molecule has 0 aliphatic heterocycles. The lowest BCUT2D eigenvalue weighted by Gasteiger charge is -2.08. The molecule has 0 radical (unpaired) electrons. The van der Waals surface area contributed by atoms with Crippen LogP contribution in [0.1, 0.15) is 16.7 Å². The number of rotatable bonds is 5. The highest BCUT2D eigenvalue weighted by atomic mass is 19.4. The maximum absolute atomic E-state index is 13.2. The number of benzene rings is 2. The van der Waals surface area contributed by atoms with Crippen LogP contribution in [-0.2, 0) is 17.1 Å². The van der Waals surface area contributed by atoms with E-state index in [2.05, 4.69) is 15.1 Å². The number of nitrogens with two attached hydrogens (primary N) is 1. The van der Waals surface area contributed by atoms with Crippen LogP contribution in [0.3, 0.4) is 0 Å². The Morgan fingerprint density at radius 2 is 1.35 bits per heavy atom. The first-order chi connectivity index (χ1) is 17.3. The van der Waals surface area contributed by atoms with Crippen molar-refractivity contribution >= 4 is 17.7 Å². The molecule has 2 heterocycles. The summed E-state index contributed by atoms with van der Waals surface area (Å²) in [5.41, 5.74) is 3.87. The van der Waals surface area contributed by atoms with Crippen LogP contribution in [0.25, 0.3) is 34.5 Å². The van der Waals surface area contributed by atoms with E-state index in [9.17, 15) is 35.5 Å². The van der Waals surface area contributed by atoms with E-state index >= 15 is 0 Å². The minimum Gasteiger partial charge on any atom is -0.366 e. The summed E-state index contributed by atoms with van der Waals surface area (Å²) in [6.45, 7) is 0. The molecule has 0 bridgehead atoms. The molecule has 0 saturated carbocycles. The van der Waals surface area contributed by atoms with E-state index < -0.39 is 35.3 Å². The number of nitrogens with zero attached hydrogens (tertiary/aromatic N) is 4. The van der Waals surface area contributed by atoms with E-state index in [1.165, 1.54) is 6.07 Å². The van der Waals surface area contributed by atoms with E-state index in [1.54, 1.807) is 0 Å². The van der Waals surface area contributed by atoms with Crippen LogP contribution in [-0.4, -0.2) is 25.7 Å². The summed E-state index contributed by atoms with van der Waals surface area (Å²) in [6.07, 6.45) is -7.01. The molecule has 4 rings (SSSR count). The molecule has 0 aliphatic rings. The van der Waals surface area contributed by atoms with Crippen LogP contribution in [0.4, 0.5) is 30.7 Å². The maximum atomic E-state index is 13.2. The van der Waals surface area contributed by atoms with Gasteiger partial charge in [0.1, 0.15) is 0 Å². The third kappa shape index (κ3) is 5.66. The quantitative estimate of drug-likeness (QED) is 0.208. The second-order valence-electron chi connectivity index (χ2n) is 7.63. The van der Waals surface area contributed by atoms with Crippen molar-refractivity contribution in [3.63, 3.8) is 0 Å². The highest BCUT2D eigenvalue weighted by molar-refractivity contribution is 6.22. The van der Waals surface area contributed by atoms with Crippen LogP contribution >= 0.6 is 0 Å². The molecule has 2 aromatic heterocycles. The Bertz CT molecular complexity index is 1450. The molecular formula is C24H14F7N5O. The molecule has 190 valence electrons. The molecule has 2 aromatic carbocycles. The van der Waals surface area contributed by atoms with Crippen molar-refractivity contribution in [3.05, 3.63) is 89.5 Å². The average molecular weight is 521 g/mol. The largest absolute Gasteiger partial charge is 0.416 e. The minimum atomic E-state index is -4.59. The van der Waals surface area contributed by atoms with Crippen molar-refractivity contribution in [2.45, 2.75) is 12.4 Å². The number of amides is 1. The fraction of sp³-hybridized carbons (Fsp3) is 0.0833. The average Bonchev–Trinajstić information content (AvgIpc) is 3.26. The molecule has 13 heteroatoms. The van der Waals surface area contributed by atoms with E-state index in [-0.39, 0.29) is 33.9 Å². The number of aromatic nitrogens is 4. The Labute approximate surface area is 203 Å². The Balaban J connectivity index is 1.86.